The van der Waals surface area contributed by atoms with E-state index in [0.717, 1.165) is 23.8 Å². The van der Waals surface area contributed by atoms with Crippen LogP contribution in [0.25, 0.3) is 0 Å². The molecule has 2 heterocycles. The fourth-order valence-corrected chi connectivity index (χ4v) is 4.16. The van der Waals surface area contributed by atoms with Crippen molar-refractivity contribution in [3.05, 3.63) is 58.9 Å². The third-order valence-corrected chi connectivity index (χ3v) is 6.08. The molecular formula is C22H21F6N3O. The average Bonchev–Trinajstić information content (AvgIpc) is 3.53. The highest BCUT2D eigenvalue weighted by Gasteiger charge is 2.46. The third-order valence-electron chi connectivity index (χ3n) is 6.08. The molecule has 172 valence electrons. The first-order chi connectivity index (χ1) is 14.9. The number of piperazine rings is 1. The molecule has 1 aliphatic heterocycles. The number of nitrogens with zero attached hydrogens (tertiary/aromatic N) is 3. The van der Waals surface area contributed by atoms with Gasteiger partial charge in [0.25, 0.3) is 0 Å². The maximum atomic E-state index is 13.1. The van der Waals surface area contributed by atoms with Crippen molar-refractivity contribution in [1.29, 1.82) is 0 Å². The molecule has 1 aliphatic carbocycles. The normalized spacial score (nSPS) is 21.6. The summed E-state index contributed by atoms with van der Waals surface area (Å²) >= 11 is 0. The standard InChI is InChI=1S/C22H21F6N3O/c1-13-2-4-15(21(23,24)25)10-18(13)30-6-8-31(9-7-30)20(32)17-11-16(17)14-3-5-19(29-12-14)22(26,27)28/h2-5,10,12,16-17H,6-9,11H2,1H3. The van der Waals surface area contributed by atoms with Crippen molar-refractivity contribution in [1.82, 2.24) is 9.88 Å². The molecular weight excluding hydrogens is 436 g/mol. The number of anilines is 1. The maximum absolute atomic E-state index is 13.1. The smallest absolute Gasteiger partial charge is 0.368 e. The second kappa shape index (κ2) is 7.97. The molecule has 1 aromatic carbocycles. The molecule has 0 radical (unpaired) electrons. The minimum absolute atomic E-state index is 0.0738. The predicted octanol–water partition coefficient (Wildman–Crippen LogP) is 4.88. The van der Waals surface area contributed by atoms with E-state index in [-0.39, 0.29) is 17.7 Å². The number of rotatable bonds is 3. The third kappa shape index (κ3) is 4.54. The molecule has 1 amide bonds. The number of aromatic nitrogens is 1. The second-order valence-corrected chi connectivity index (χ2v) is 8.23. The predicted molar refractivity (Wildman–Crippen MR) is 105 cm³/mol. The first-order valence-electron chi connectivity index (χ1n) is 10.2. The number of amides is 1. The van der Waals surface area contributed by atoms with Crippen molar-refractivity contribution < 1.29 is 31.1 Å². The highest BCUT2D eigenvalue weighted by Crippen LogP contribution is 2.48. The minimum atomic E-state index is -4.51. The van der Waals surface area contributed by atoms with Crippen LogP contribution in [0.5, 0.6) is 0 Å². The Morgan fingerprint density at radius 2 is 1.66 bits per heavy atom. The molecule has 4 nitrogen and oxygen atoms in total. The summed E-state index contributed by atoms with van der Waals surface area (Å²) in [5.74, 6) is -0.522. The van der Waals surface area contributed by atoms with Crippen LogP contribution in [0.4, 0.5) is 32.0 Å². The lowest BCUT2D eigenvalue weighted by molar-refractivity contribution is -0.141. The summed E-state index contributed by atoms with van der Waals surface area (Å²) in [6.07, 6.45) is -7.20. The Bertz CT molecular complexity index is 994. The van der Waals surface area contributed by atoms with Gasteiger partial charge in [-0.25, -0.2) is 0 Å². The Morgan fingerprint density at radius 3 is 2.22 bits per heavy atom. The fourth-order valence-electron chi connectivity index (χ4n) is 4.16. The van der Waals surface area contributed by atoms with Gasteiger partial charge in [-0.15, -0.1) is 0 Å². The zero-order valence-corrected chi connectivity index (χ0v) is 17.2. The van der Waals surface area contributed by atoms with Gasteiger partial charge in [-0.1, -0.05) is 12.1 Å². The number of aryl methyl sites for hydroxylation is 1. The van der Waals surface area contributed by atoms with Crippen LogP contribution in [0.3, 0.4) is 0 Å². The van der Waals surface area contributed by atoms with Crippen LogP contribution < -0.4 is 4.90 Å². The Hall–Kier alpha value is -2.78. The van der Waals surface area contributed by atoms with E-state index in [4.69, 9.17) is 0 Å². The summed E-state index contributed by atoms with van der Waals surface area (Å²) in [6.45, 7) is 3.33. The number of hydrogen-bond donors (Lipinski definition) is 0. The monoisotopic (exact) mass is 457 g/mol. The van der Waals surface area contributed by atoms with E-state index in [1.165, 1.54) is 18.3 Å². The largest absolute Gasteiger partial charge is 0.433 e. The molecule has 0 bridgehead atoms. The molecule has 2 fully saturated rings. The first kappa shape index (κ1) is 22.4. The van der Waals surface area contributed by atoms with Crippen molar-refractivity contribution in [2.45, 2.75) is 31.6 Å². The molecule has 32 heavy (non-hydrogen) atoms. The number of alkyl halides is 6. The number of pyridine rings is 1. The van der Waals surface area contributed by atoms with E-state index in [1.54, 1.807) is 11.8 Å². The van der Waals surface area contributed by atoms with Crippen LogP contribution >= 0.6 is 0 Å². The van der Waals surface area contributed by atoms with Gasteiger partial charge in [0, 0.05) is 44.0 Å². The number of carbonyl (C=O) groups excluding carboxylic acids is 1. The molecule has 2 aliphatic rings. The molecule has 1 aromatic heterocycles. The van der Waals surface area contributed by atoms with E-state index in [9.17, 15) is 31.1 Å². The fraction of sp³-hybridized carbons (Fsp3) is 0.455. The topological polar surface area (TPSA) is 36.4 Å². The Labute approximate surface area is 180 Å². The van der Waals surface area contributed by atoms with Crippen LogP contribution in [0, 0.1) is 12.8 Å². The average molecular weight is 457 g/mol. The summed E-state index contributed by atoms with van der Waals surface area (Å²) in [6, 6.07) is 5.93. The van der Waals surface area contributed by atoms with Gasteiger partial charge in [0.1, 0.15) is 5.69 Å². The minimum Gasteiger partial charge on any atom is -0.368 e. The van der Waals surface area contributed by atoms with Crippen LogP contribution in [0.1, 0.15) is 34.7 Å². The number of benzene rings is 1. The van der Waals surface area contributed by atoms with Crippen molar-refractivity contribution in [3.63, 3.8) is 0 Å². The summed E-state index contributed by atoms with van der Waals surface area (Å²) in [5.41, 5.74) is 0.171. The summed E-state index contributed by atoms with van der Waals surface area (Å²) in [4.78, 5) is 19.8. The summed E-state index contributed by atoms with van der Waals surface area (Å²) < 4.78 is 77.1. The molecule has 4 rings (SSSR count). The van der Waals surface area contributed by atoms with Crippen molar-refractivity contribution in [3.8, 4) is 0 Å². The Morgan fingerprint density at radius 1 is 0.969 bits per heavy atom. The molecule has 2 unspecified atom stereocenters. The second-order valence-electron chi connectivity index (χ2n) is 8.23. The van der Waals surface area contributed by atoms with Gasteiger partial charge in [0.2, 0.25) is 5.91 Å². The molecule has 2 atom stereocenters. The summed E-state index contributed by atoms with van der Waals surface area (Å²) in [5, 5.41) is 0. The van der Waals surface area contributed by atoms with Gasteiger partial charge in [-0.05, 0) is 48.6 Å². The van der Waals surface area contributed by atoms with Crippen LogP contribution in [-0.4, -0.2) is 42.0 Å². The molecule has 10 heteroatoms. The number of hydrogen-bond acceptors (Lipinski definition) is 3. The van der Waals surface area contributed by atoms with E-state index in [2.05, 4.69) is 4.98 Å². The van der Waals surface area contributed by atoms with Gasteiger partial charge in [-0.3, -0.25) is 9.78 Å². The quantitative estimate of drug-likeness (QED) is 0.617. The SMILES string of the molecule is Cc1ccc(C(F)(F)F)cc1N1CCN(C(=O)C2CC2c2ccc(C(F)(F)F)nc2)CC1. The summed E-state index contributed by atoms with van der Waals surface area (Å²) in [7, 11) is 0. The molecule has 0 spiro atoms. The van der Waals surface area contributed by atoms with Gasteiger partial charge in [-0.2, -0.15) is 26.3 Å². The molecule has 1 saturated carbocycles. The van der Waals surface area contributed by atoms with Crippen molar-refractivity contribution >= 4 is 11.6 Å². The highest BCUT2D eigenvalue weighted by atomic mass is 19.4. The van der Waals surface area contributed by atoms with Crippen molar-refractivity contribution in [2.24, 2.45) is 5.92 Å². The van der Waals surface area contributed by atoms with Crippen LogP contribution in [0.15, 0.2) is 36.5 Å². The Kier molecular flexibility index (Phi) is 5.58. The number of carbonyl (C=O) groups is 1. The molecule has 1 saturated heterocycles. The first-order valence-corrected chi connectivity index (χ1v) is 10.2. The van der Waals surface area contributed by atoms with E-state index < -0.39 is 23.6 Å². The lowest BCUT2D eigenvalue weighted by Crippen LogP contribution is -2.49. The van der Waals surface area contributed by atoms with E-state index in [0.29, 0.717) is 43.9 Å². The number of halogens is 6. The molecule has 2 aromatic rings. The highest BCUT2D eigenvalue weighted by molar-refractivity contribution is 5.83. The Balaban J connectivity index is 1.36. The zero-order chi connectivity index (χ0) is 23.3. The van der Waals surface area contributed by atoms with Gasteiger partial charge in [0.05, 0.1) is 5.56 Å². The lowest BCUT2D eigenvalue weighted by Gasteiger charge is -2.37. The van der Waals surface area contributed by atoms with Crippen LogP contribution in [-0.2, 0) is 17.1 Å². The van der Waals surface area contributed by atoms with Crippen LogP contribution in [0.2, 0.25) is 0 Å². The van der Waals surface area contributed by atoms with Gasteiger partial charge >= 0.3 is 12.4 Å². The maximum Gasteiger partial charge on any atom is 0.433 e. The van der Waals surface area contributed by atoms with Gasteiger partial charge in [0.15, 0.2) is 0 Å². The zero-order valence-electron chi connectivity index (χ0n) is 17.2. The van der Waals surface area contributed by atoms with Gasteiger partial charge < -0.3 is 9.80 Å². The van der Waals surface area contributed by atoms with Crippen molar-refractivity contribution in [2.75, 3.05) is 31.1 Å². The van der Waals surface area contributed by atoms with E-state index in [1.807, 2.05) is 4.90 Å². The lowest BCUT2D eigenvalue weighted by atomic mass is 10.1. The van der Waals surface area contributed by atoms with E-state index >= 15 is 0 Å². The molecule has 0 N–H and O–H groups in total.